The molecule has 2 amide bonds. The maximum Gasteiger partial charge on any atom is 0.326 e. The normalized spacial score (nSPS) is 17.8. The van der Waals surface area contributed by atoms with E-state index in [-0.39, 0.29) is 24.7 Å². The van der Waals surface area contributed by atoms with Gasteiger partial charge in [0.1, 0.15) is 6.04 Å². The van der Waals surface area contributed by atoms with E-state index in [4.69, 9.17) is 5.11 Å². The lowest BCUT2D eigenvalue weighted by atomic mass is 10.2. The third-order valence-corrected chi connectivity index (χ3v) is 3.75. The highest BCUT2D eigenvalue weighted by molar-refractivity contribution is 5.87. The van der Waals surface area contributed by atoms with Crippen LogP contribution in [0.3, 0.4) is 0 Å². The Labute approximate surface area is 126 Å². The third kappa shape index (κ3) is 5.02. The number of likely N-dealkylation sites (tertiary alicyclic amines) is 1. The van der Waals surface area contributed by atoms with Gasteiger partial charge in [-0.25, -0.2) is 4.79 Å². The van der Waals surface area contributed by atoms with Crippen LogP contribution in [0.4, 0.5) is 0 Å². The van der Waals surface area contributed by atoms with Gasteiger partial charge in [-0.3, -0.25) is 9.59 Å². The number of carbonyl (C=O) groups excluding carboxylic acids is 2. The smallest absolute Gasteiger partial charge is 0.326 e. The highest BCUT2D eigenvalue weighted by atomic mass is 16.4. The zero-order chi connectivity index (χ0) is 15.8. The summed E-state index contributed by atoms with van der Waals surface area (Å²) in [6.45, 7) is 5.94. The van der Waals surface area contributed by atoms with Crippen LogP contribution in [-0.2, 0) is 14.4 Å². The molecule has 0 aliphatic carbocycles. The van der Waals surface area contributed by atoms with Gasteiger partial charge in [0.15, 0.2) is 0 Å². The van der Waals surface area contributed by atoms with E-state index >= 15 is 0 Å². The molecule has 1 atom stereocenters. The van der Waals surface area contributed by atoms with Crippen LogP contribution in [0.15, 0.2) is 0 Å². The largest absolute Gasteiger partial charge is 0.480 e. The van der Waals surface area contributed by atoms with E-state index in [9.17, 15) is 14.4 Å². The molecule has 6 heteroatoms. The van der Waals surface area contributed by atoms with E-state index in [0.717, 1.165) is 12.8 Å². The van der Waals surface area contributed by atoms with Crippen LogP contribution in [0.25, 0.3) is 0 Å². The number of amides is 2. The molecule has 1 fully saturated rings. The van der Waals surface area contributed by atoms with Gasteiger partial charge in [0.05, 0.1) is 0 Å². The van der Waals surface area contributed by atoms with E-state index in [2.05, 4.69) is 0 Å². The summed E-state index contributed by atoms with van der Waals surface area (Å²) in [5, 5.41) is 9.07. The van der Waals surface area contributed by atoms with Crippen molar-refractivity contribution in [2.75, 3.05) is 19.6 Å². The molecule has 1 aliphatic heterocycles. The van der Waals surface area contributed by atoms with Gasteiger partial charge in [0.2, 0.25) is 11.8 Å². The molecule has 0 radical (unpaired) electrons. The average molecular weight is 298 g/mol. The van der Waals surface area contributed by atoms with Crippen LogP contribution in [0, 0.1) is 0 Å². The first-order valence-electron chi connectivity index (χ1n) is 7.81. The Morgan fingerprint density at radius 1 is 1.14 bits per heavy atom. The number of carbonyl (C=O) groups is 3. The molecule has 0 spiro atoms. The van der Waals surface area contributed by atoms with Crippen molar-refractivity contribution in [3.05, 3.63) is 0 Å². The van der Waals surface area contributed by atoms with Crippen LogP contribution in [0.5, 0.6) is 0 Å². The van der Waals surface area contributed by atoms with E-state index in [1.165, 1.54) is 4.90 Å². The molecule has 0 bridgehead atoms. The fraction of sp³-hybridized carbons (Fsp3) is 0.800. The van der Waals surface area contributed by atoms with Gasteiger partial charge in [-0.15, -0.1) is 0 Å². The Morgan fingerprint density at radius 2 is 1.76 bits per heavy atom. The number of nitrogens with zero attached hydrogens (tertiary/aromatic N) is 2. The number of carboxylic acids is 1. The summed E-state index contributed by atoms with van der Waals surface area (Å²) < 4.78 is 0. The number of hydrogen-bond donors (Lipinski definition) is 1. The zero-order valence-corrected chi connectivity index (χ0v) is 13.0. The molecular weight excluding hydrogens is 272 g/mol. The Hall–Kier alpha value is -1.59. The summed E-state index contributed by atoms with van der Waals surface area (Å²) in [4.78, 5) is 38.4. The van der Waals surface area contributed by atoms with E-state index < -0.39 is 12.0 Å². The molecule has 0 aromatic carbocycles. The molecule has 0 saturated carbocycles. The first-order valence-corrected chi connectivity index (χ1v) is 7.81. The topological polar surface area (TPSA) is 77.9 Å². The standard InChI is InChI=1S/C15H26N2O4/c1-3-9-16(10-4-2)13(18)7-8-14(19)17-11-5-6-12(17)15(20)21/h12H,3-11H2,1-2H3,(H,20,21)/t12-/m1/s1. The van der Waals surface area contributed by atoms with E-state index in [1.54, 1.807) is 4.90 Å². The van der Waals surface area contributed by atoms with Crippen LogP contribution in [0.2, 0.25) is 0 Å². The Kier molecular flexibility index (Phi) is 7.19. The maximum absolute atomic E-state index is 12.1. The van der Waals surface area contributed by atoms with Crippen molar-refractivity contribution in [1.82, 2.24) is 9.80 Å². The van der Waals surface area contributed by atoms with Crippen molar-refractivity contribution in [2.24, 2.45) is 0 Å². The molecule has 1 heterocycles. The Balaban J connectivity index is 2.47. The van der Waals surface area contributed by atoms with E-state index in [0.29, 0.717) is 32.5 Å². The predicted molar refractivity (Wildman–Crippen MR) is 78.8 cm³/mol. The highest BCUT2D eigenvalue weighted by Gasteiger charge is 2.33. The molecule has 0 aromatic rings. The van der Waals surface area contributed by atoms with Crippen molar-refractivity contribution in [3.63, 3.8) is 0 Å². The quantitative estimate of drug-likeness (QED) is 0.736. The van der Waals surface area contributed by atoms with Gasteiger partial charge in [0.25, 0.3) is 0 Å². The molecule has 1 rings (SSSR count). The number of carboxylic acid groups (broad SMARTS) is 1. The number of hydrogen-bond acceptors (Lipinski definition) is 3. The third-order valence-electron chi connectivity index (χ3n) is 3.75. The zero-order valence-electron chi connectivity index (χ0n) is 13.0. The van der Waals surface area contributed by atoms with E-state index in [1.807, 2.05) is 13.8 Å². The fourth-order valence-electron chi connectivity index (χ4n) is 2.74. The van der Waals surface area contributed by atoms with Crippen molar-refractivity contribution >= 4 is 17.8 Å². The minimum Gasteiger partial charge on any atom is -0.480 e. The summed E-state index contributed by atoms with van der Waals surface area (Å²) in [5.74, 6) is -1.19. The molecule has 6 nitrogen and oxygen atoms in total. The molecule has 0 aromatic heterocycles. The Morgan fingerprint density at radius 3 is 2.29 bits per heavy atom. The van der Waals surface area contributed by atoms with Crippen LogP contribution in [0.1, 0.15) is 52.4 Å². The monoisotopic (exact) mass is 298 g/mol. The predicted octanol–water partition coefficient (Wildman–Crippen LogP) is 1.49. The molecule has 21 heavy (non-hydrogen) atoms. The second kappa shape index (κ2) is 8.64. The van der Waals surface area contributed by atoms with Crippen molar-refractivity contribution < 1.29 is 19.5 Å². The average Bonchev–Trinajstić information content (AvgIpc) is 2.93. The first kappa shape index (κ1) is 17.5. The summed E-state index contributed by atoms with van der Waals surface area (Å²) in [7, 11) is 0. The van der Waals surface area contributed by atoms with Crippen LogP contribution in [-0.4, -0.2) is 58.4 Å². The number of rotatable bonds is 8. The fourth-order valence-corrected chi connectivity index (χ4v) is 2.74. The minimum atomic E-state index is -0.953. The van der Waals surface area contributed by atoms with Gasteiger partial charge in [0, 0.05) is 32.5 Å². The second-order valence-electron chi connectivity index (χ2n) is 5.46. The van der Waals surface area contributed by atoms with Crippen LogP contribution < -0.4 is 0 Å². The van der Waals surface area contributed by atoms with Crippen molar-refractivity contribution in [3.8, 4) is 0 Å². The molecular formula is C15H26N2O4. The van der Waals surface area contributed by atoms with Crippen molar-refractivity contribution in [1.29, 1.82) is 0 Å². The first-order chi connectivity index (χ1) is 10.0. The molecule has 1 saturated heterocycles. The minimum absolute atomic E-state index is 0.0156. The summed E-state index contributed by atoms with van der Waals surface area (Å²) >= 11 is 0. The number of aliphatic carboxylic acids is 1. The lowest BCUT2D eigenvalue weighted by Crippen LogP contribution is -2.41. The molecule has 120 valence electrons. The van der Waals surface area contributed by atoms with Crippen molar-refractivity contribution in [2.45, 2.75) is 58.4 Å². The second-order valence-corrected chi connectivity index (χ2v) is 5.46. The maximum atomic E-state index is 12.1. The SMILES string of the molecule is CCCN(CCC)C(=O)CCC(=O)N1CCC[C@@H]1C(=O)O. The van der Waals surface area contributed by atoms with Gasteiger partial charge < -0.3 is 14.9 Å². The summed E-state index contributed by atoms with van der Waals surface area (Å²) in [6, 6.07) is -0.713. The van der Waals surface area contributed by atoms with Gasteiger partial charge in [-0.1, -0.05) is 13.8 Å². The molecule has 1 aliphatic rings. The van der Waals surface area contributed by atoms with Gasteiger partial charge in [-0.05, 0) is 25.7 Å². The van der Waals surface area contributed by atoms with Gasteiger partial charge in [-0.2, -0.15) is 0 Å². The summed E-state index contributed by atoms with van der Waals surface area (Å²) in [5.41, 5.74) is 0. The Bertz CT molecular complexity index is 378. The molecule has 0 unspecified atom stereocenters. The highest BCUT2D eigenvalue weighted by Crippen LogP contribution is 2.19. The van der Waals surface area contributed by atoms with Crippen LogP contribution >= 0.6 is 0 Å². The van der Waals surface area contributed by atoms with Gasteiger partial charge >= 0.3 is 5.97 Å². The lowest BCUT2D eigenvalue weighted by molar-refractivity contribution is -0.148. The molecule has 1 N–H and O–H groups in total. The summed E-state index contributed by atoms with van der Waals surface area (Å²) in [6.07, 6.45) is 3.29. The lowest BCUT2D eigenvalue weighted by Gasteiger charge is -2.23.